The summed E-state index contributed by atoms with van der Waals surface area (Å²) in [5.41, 5.74) is 0. The zero-order valence-corrected chi connectivity index (χ0v) is 9.61. The largest absolute Gasteiger partial charge is 0.481 e. The van der Waals surface area contributed by atoms with E-state index in [2.05, 4.69) is 31.2 Å². The van der Waals surface area contributed by atoms with E-state index in [-0.39, 0.29) is 6.42 Å². The van der Waals surface area contributed by atoms with Gasteiger partial charge in [-0.05, 0) is 25.7 Å². The molecule has 0 fully saturated rings. The molecule has 2 nitrogen and oxygen atoms in total. The smallest absolute Gasteiger partial charge is 0.303 e. The van der Waals surface area contributed by atoms with Gasteiger partial charge >= 0.3 is 5.97 Å². The number of rotatable bonds is 9. The Hall–Kier alpha value is -1.05. The van der Waals surface area contributed by atoms with Crippen molar-refractivity contribution in [2.75, 3.05) is 0 Å². The van der Waals surface area contributed by atoms with E-state index in [0.717, 1.165) is 19.3 Å². The predicted molar refractivity (Wildman–Crippen MR) is 63.9 cm³/mol. The Labute approximate surface area is 92.7 Å². The van der Waals surface area contributed by atoms with Gasteiger partial charge in [-0.3, -0.25) is 4.79 Å². The number of unbranched alkanes of at least 4 members (excludes halogenated alkanes) is 3. The van der Waals surface area contributed by atoms with Crippen LogP contribution >= 0.6 is 0 Å². The molecule has 0 atom stereocenters. The van der Waals surface area contributed by atoms with Crippen molar-refractivity contribution in [3.63, 3.8) is 0 Å². The lowest BCUT2D eigenvalue weighted by Crippen LogP contribution is -1.92. The summed E-state index contributed by atoms with van der Waals surface area (Å²) in [6.45, 7) is 2.19. The molecule has 0 heterocycles. The van der Waals surface area contributed by atoms with Gasteiger partial charge in [-0.15, -0.1) is 0 Å². The van der Waals surface area contributed by atoms with Crippen molar-refractivity contribution in [3.05, 3.63) is 24.3 Å². The Kier molecular flexibility index (Phi) is 10.3. The molecule has 15 heavy (non-hydrogen) atoms. The van der Waals surface area contributed by atoms with Crippen molar-refractivity contribution < 1.29 is 9.90 Å². The van der Waals surface area contributed by atoms with Gasteiger partial charge in [0.1, 0.15) is 0 Å². The second-order valence-electron chi connectivity index (χ2n) is 3.61. The maximum Gasteiger partial charge on any atom is 0.303 e. The SMILES string of the molecule is CCCCC=CCC=CCCCC(=O)O. The van der Waals surface area contributed by atoms with E-state index in [1.54, 1.807) is 0 Å². The molecule has 86 valence electrons. The van der Waals surface area contributed by atoms with Crippen LogP contribution in [0.25, 0.3) is 0 Å². The minimum Gasteiger partial charge on any atom is -0.481 e. The Bertz CT molecular complexity index is 205. The van der Waals surface area contributed by atoms with Crippen molar-refractivity contribution in [1.82, 2.24) is 0 Å². The number of carbonyl (C=O) groups is 1. The topological polar surface area (TPSA) is 37.3 Å². The first-order valence-corrected chi connectivity index (χ1v) is 5.79. The van der Waals surface area contributed by atoms with E-state index in [4.69, 9.17) is 5.11 Å². The lowest BCUT2D eigenvalue weighted by atomic mass is 10.2. The van der Waals surface area contributed by atoms with E-state index in [1.807, 2.05) is 0 Å². The normalized spacial score (nSPS) is 11.5. The van der Waals surface area contributed by atoms with Crippen LogP contribution in [-0.2, 0) is 4.79 Å². The summed E-state index contributed by atoms with van der Waals surface area (Å²) < 4.78 is 0. The Morgan fingerprint density at radius 3 is 2.20 bits per heavy atom. The van der Waals surface area contributed by atoms with Crippen LogP contribution in [0.1, 0.15) is 51.9 Å². The van der Waals surface area contributed by atoms with Gasteiger partial charge < -0.3 is 5.11 Å². The molecule has 0 aromatic carbocycles. The molecule has 1 N–H and O–H groups in total. The fourth-order valence-corrected chi connectivity index (χ4v) is 1.20. The summed E-state index contributed by atoms with van der Waals surface area (Å²) in [7, 11) is 0. The molecule has 2 heteroatoms. The van der Waals surface area contributed by atoms with Gasteiger partial charge in [0.05, 0.1) is 0 Å². The lowest BCUT2D eigenvalue weighted by Gasteiger charge is -1.90. The zero-order chi connectivity index (χ0) is 11.4. The van der Waals surface area contributed by atoms with Crippen LogP contribution in [0.15, 0.2) is 24.3 Å². The maximum absolute atomic E-state index is 10.2. The highest BCUT2D eigenvalue weighted by molar-refractivity contribution is 5.66. The van der Waals surface area contributed by atoms with E-state index >= 15 is 0 Å². The van der Waals surface area contributed by atoms with Gasteiger partial charge in [0.2, 0.25) is 0 Å². The van der Waals surface area contributed by atoms with Crippen LogP contribution in [-0.4, -0.2) is 11.1 Å². The maximum atomic E-state index is 10.2. The van der Waals surface area contributed by atoms with Gasteiger partial charge in [0.15, 0.2) is 0 Å². The molecule has 0 aliphatic heterocycles. The monoisotopic (exact) mass is 210 g/mol. The highest BCUT2D eigenvalue weighted by atomic mass is 16.4. The highest BCUT2D eigenvalue weighted by Crippen LogP contribution is 1.99. The first-order valence-electron chi connectivity index (χ1n) is 5.79. The molecule has 0 aliphatic carbocycles. The van der Waals surface area contributed by atoms with E-state index in [1.165, 1.54) is 19.3 Å². The standard InChI is InChI=1S/C13H22O2/c1-2-3-4-5-6-7-8-9-10-11-12-13(14)15/h5-6,8-9H,2-4,7,10-12H2,1H3,(H,14,15). The quantitative estimate of drug-likeness (QED) is 0.462. The van der Waals surface area contributed by atoms with Gasteiger partial charge in [-0.25, -0.2) is 0 Å². The predicted octanol–water partition coefficient (Wildman–Crippen LogP) is 3.93. The highest BCUT2D eigenvalue weighted by Gasteiger charge is 1.92. The van der Waals surface area contributed by atoms with Crippen molar-refractivity contribution in [2.24, 2.45) is 0 Å². The Morgan fingerprint density at radius 1 is 1.07 bits per heavy atom. The number of hydrogen-bond donors (Lipinski definition) is 1. The van der Waals surface area contributed by atoms with Crippen molar-refractivity contribution in [1.29, 1.82) is 0 Å². The third-order valence-corrected chi connectivity index (χ3v) is 2.09. The summed E-state index contributed by atoms with van der Waals surface area (Å²) in [5, 5.41) is 8.40. The first kappa shape index (κ1) is 13.9. The third-order valence-electron chi connectivity index (χ3n) is 2.09. The van der Waals surface area contributed by atoms with Crippen LogP contribution in [0.4, 0.5) is 0 Å². The minimum atomic E-state index is -0.706. The molecule has 0 bridgehead atoms. The lowest BCUT2D eigenvalue weighted by molar-refractivity contribution is -0.137. The third kappa shape index (κ3) is 12.9. The van der Waals surface area contributed by atoms with Gasteiger partial charge in [-0.2, -0.15) is 0 Å². The molecular weight excluding hydrogens is 188 g/mol. The fraction of sp³-hybridized carbons (Fsp3) is 0.615. The van der Waals surface area contributed by atoms with Gasteiger partial charge in [-0.1, -0.05) is 44.1 Å². The molecule has 0 saturated heterocycles. The van der Waals surface area contributed by atoms with E-state index < -0.39 is 5.97 Å². The zero-order valence-electron chi connectivity index (χ0n) is 9.61. The van der Waals surface area contributed by atoms with E-state index in [9.17, 15) is 4.79 Å². The van der Waals surface area contributed by atoms with Crippen LogP contribution in [0.5, 0.6) is 0 Å². The molecule has 0 unspecified atom stereocenters. The molecular formula is C13H22O2. The summed E-state index contributed by atoms with van der Waals surface area (Å²) >= 11 is 0. The van der Waals surface area contributed by atoms with Crippen LogP contribution in [0.2, 0.25) is 0 Å². The number of carboxylic acids is 1. The second-order valence-corrected chi connectivity index (χ2v) is 3.61. The number of aliphatic carboxylic acids is 1. The van der Waals surface area contributed by atoms with Gasteiger partial charge in [0.25, 0.3) is 0 Å². The van der Waals surface area contributed by atoms with Crippen LogP contribution in [0.3, 0.4) is 0 Å². The molecule has 0 rings (SSSR count). The first-order chi connectivity index (χ1) is 7.27. The Morgan fingerprint density at radius 2 is 1.67 bits per heavy atom. The molecule has 0 aromatic rings. The van der Waals surface area contributed by atoms with E-state index in [0.29, 0.717) is 0 Å². The van der Waals surface area contributed by atoms with Crippen LogP contribution < -0.4 is 0 Å². The fourth-order valence-electron chi connectivity index (χ4n) is 1.20. The molecule has 0 radical (unpaired) electrons. The van der Waals surface area contributed by atoms with Crippen molar-refractivity contribution >= 4 is 5.97 Å². The summed E-state index contributed by atoms with van der Waals surface area (Å²) in [4.78, 5) is 10.2. The molecule has 0 aliphatic rings. The summed E-state index contributed by atoms with van der Waals surface area (Å²) in [6, 6.07) is 0. The molecule has 0 spiro atoms. The molecule has 0 aromatic heterocycles. The molecule has 0 amide bonds. The van der Waals surface area contributed by atoms with Crippen molar-refractivity contribution in [2.45, 2.75) is 51.9 Å². The average Bonchev–Trinajstić information content (AvgIpc) is 2.20. The molecule has 0 saturated carbocycles. The minimum absolute atomic E-state index is 0.274. The number of hydrogen-bond acceptors (Lipinski definition) is 1. The number of allylic oxidation sites excluding steroid dienone is 4. The van der Waals surface area contributed by atoms with Gasteiger partial charge in [0, 0.05) is 6.42 Å². The second kappa shape index (κ2) is 11.0. The van der Waals surface area contributed by atoms with Crippen molar-refractivity contribution in [3.8, 4) is 0 Å². The van der Waals surface area contributed by atoms with Crippen LogP contribution in [0, 0.1) is 0 Å². The summed E-state index contributed by atoms with van der Waals surface area (Å²) in [5.74, 6) is -0.706. The number of carboxylic acid groups (broad SMARTS) is 1. The average molecular weight is 210 g/mol. The Balaban J connectivity index is 3.23. The summed E-state index contributed by atoms with van der Waals surface area (Å²) in [6.07, 6.45) is 15.1.